The van der Waals surface area contributed by atoms with E-state index in [0.717, 1.165) is 22.8 Å². The zero-order chi connectivity index (χ0) is 18.0. The van der Waals surface area contributed by atoms with Gasteiger partial charge in [-0.3, -0.25) is 4.79 Å². The van der Waals surface area contributed by atoms with Crippen molar-refractivity contribution in [3.05, 3.63) is 53.5 Å². The van der Waals surface area contributed by atoms with Crippen molar-refractivity contribution in [2.24, 2.45) is 0 Å². The van der Waals surface area contributed by atoms with E-state index in [-0.39, 0.29) is 5.91 Å². The summed E-state index contributed by atoms with van der Waals surface area (Å²) in [6, 6.07) is 11.1. The molecule has 130 valence electrons. The van der Waals surface area contributed by atoms with Gasteiger partial charge in [0.1, 0.15) is 11.8 Å². The van der Waals surface area contributed by atoms with E-state index in [1.165, 1.54) is 0 Å². The third-order valence-corrected chi connectivity index (χ3v) is 3.93. The van der Waals surface area contributed by atoms with E-state index in [1.54, 1.807) is 19.9 Å². The number of para-hydroxylation sites is 1. The number of nitrogens with zero attached hydrogens (tertiary/aromatic N) is 3. The molecule has 7 heteroatoms. The van der Waals surface area contributed by atoms with E-state index < -0.39 is 6.04 Å². The number of hydrogen-bond acceptors (Lipinski definition) is 5. The molecule has 1 aromatic carbocycles. The number of anilines is 2. The average Bonchev–Trinajstić information content (AvgIpc) is 3.13. The van der Waals surface area contributed by atoms with Gasteiger partial charge in [0, 0.05) is 6.07 Å². The summed E-state index contributed by atoms with van der Waals surface area (Å²) in [5, 5.41) is 14.3. The number of hydrogen-bond donors (Lipinski definition) is 2. The van der Waals surface area contributed by atoms with E-state index >= 15 is 0 Å². The Hall–Kier alpha value is -3.09. The quantitative estimate of drug-likeness (QED) is 0.745. The molecule has 1 amide bonds. The van der Waals surface area contributed by atoms with Crippen LogP contribution >= 0.6 is 0 Å². The van der Waals surface area contributed by atoms with Crippen molar-refractivity contribution in [1.29, 1.82) is 0 Å². The summed E-state index contributed by atoms with van der Waals surface area (Å²) in [6.45, 7) is 7.46. The molecule has 0 aliphatic heterocycles. The molecule has 0 saturated heterocycles. The maximum absolute atomic E-state index is 12.3. The number of benzene rings is 1. The van der Waals surface area contributed by atoms with Crippen molar-refractivity contribution in [3.63, 3.8) is 0 Å². The third kappa shape index (κ3) is 3.55. The van der Waals surface area contributed by atoms with Gasteiger partial charge in [-0.2, -0.15) is 5.10 Å². The van der Waals surface area contributed by atoms with Gasteiger partial charge in [-0.25, -0.2) is 4.68 Å². The Balaban J connectivity index is 1.76. The van der Waals surface area contributed by atoms with Crippen LogP contribution in [0.1, 0.15) is 24.1 Å². The van der Waals surface area contributed by atoms with Gasteiger partial charge in [-0.1, -0.05) is 23.4 Å². The Kier molecular flexibility index (Phi) is 4.56. The summed E-state index contributed by atoms with van der Waals surface area (Å²) in [4.78, 5) is 12.3. The second-order valence-electron chi connectivity index (χ2n) is 5.97. The Morgan fingerprint density at radius 1 is 1.20 bits per heavy atom. The topological polar surface area (TPSA) is 85.0 Å². The third-order valence-electron chi connectivity index (χ3n) is 3.93. The van der Waals surface area contributed by atoms with Crippen molar-refractivity contribution in [2.75, 3.05) is 10.6 Å². The van der Waals surface area contributed by atoms with Crippen LogP contribution in [0, 0.1) is 20.8 Å². The number of nitrogens with one attached hydrogen (secondary N) is 2. The van der Waals surface area contributed by atoms with Crippen LogP contribution in [0.3, 0.4) is 0 Å². The fourth-order valence-corrected chi connectivity index (χ4v) is 2.61. The van der Waals surface area contributed by atoms with Crippen molar-refractivity contribution < 1.29 is 9.32 Å². The maximum Gasteiger partial charge on any atom is 0.247 e. The van der Waals surface area contributed by atoms with Crippen molar-refractivity contribution in [3.8, 4) is 5.69 Å². The number of amides is 1. The normalized spacial score (nSPS) is 12.0. The predicted molar refractivity (Wildman–Crippen MR) is 96.0 cm³/mol. The second-order valence-corrected chi connectivity index (χ2v) is 5.97. The summed E-state index contributed by atoms with van der Waals surface area (Å²) < 4.78 is 6.82. The summed E-state index contributed by atoms with van der Waals surface area (Å²) in [6.07, 6.45) is 0. The molecule has 0 spiro atoms. The van der Waals surface area contributed by atoms with Crippen molar-refractivity contribution >= 4 is 17.4 Å². The molecule has 0 aliphatic rings. The Labute approximate surface area is 146 Å². The molecule has 0 fully saturated rings. The first-order valence-electron chi connectivity index (χ1n) is 8.08. The molecule has 2 heterocycles. The Morgan fingerprint density at radius 2 is 1.92 bits per heavy atom. The van der Waals surface area contributed by atoms with E-state index in [0.29, 0.717) is 11.6 Å². The first-order valence-corrected chi connectivity index (χ1v) is 8.08. The smallest absolute Gasteiger partial charge is 0.247 e. The van der Waals surface area contributed by atoms with Gasteiger partial charge >= 0.3 is 0 Å². The van der Waals surface area contributed by atoms with Crippen LogP contribution in [0.15, 0.2) is 40.9 Å². The predicted octanol–water partition coefficient (Wildman–Crippen LogP) is 3.22. The van der Waals surface area contributed by atoms with Gasteiger partial charge in [0.05, 0.1) is 22.8 Å². The van der Waals surface area contributed by atoms with Gasteiger partial charge in [-0.15, -0.1) is 0 Å². The average molecular weight is 339 g/mol. The zero-order valence-electron chi connectivity index (χ0n) is 14.7. The summed E-state index contributed by atoms with van der Waals surface area (Å²) in [5.41, 5.74) is 3.60. The minimum atomic E-state index is -0.456. The number of aromatic nitrogens is 3. The summed E-state index contributed by atoms with van der Waals surface area (Å²) in [5.74, 6) is 0.857. The van der Waals surface area contributed by atoms with Crippen molar-refractivity contribution in [1.82, 2.24) is 14.9 Å². The first kappa shape index (κ1) is 16.8. The van der Waals surface area contributed by atoms with Gasteiger partial charge in [-0.05, 0) is 39.8 Å². The molecule has 0 radical (unpaired) electrons. The fourth-order valence-electron chi connectivity index (χ4n) is 2.61. The molecule has 0 saturated carbocycles. The highest BCUT2D eigenvalue weighted by molar-refractivity contribution is 5.95. The Morgan fingerprint density at radius 3 is 2.56 bits per heavy atom. The summed E-state index contributed by atoms with van der Waals surface area (Å²) in [7, 11) is 0. The second kappa shape index (κ2) is 6.80. The monoisotopic (exact) mass is 339 g/mol. The molecule has 3 rings (SSSR count). The van der Waals surface area contributed by atoms with E-state index in [4.69, 9.17) is 4.52 Å². The lowest BCUT2D eigenvalue weighted by Crippen LogP contribution is -2.32. The minimum absolute atomic E-state index is 0.195. The SMILES string of the molecule is Cc1cc(NC(=O)[C@H](C)Nc2c(C)nn(-c3ccccc3)c2C)no1. The summed E-state index contributed by atoms with van der Waals surface area (Å²) >= 11 is 0. The van der Waals surface area contributed by atoms with Crippen LogP contribution in [0.4, 0.5) is 11.5 Å². The molecule has 0 unspecified atom stereocenters. The largest absolute Gasteiger partial charge is 0.371 e. The maximum atomic E-state index is 12.3. The molecule has 25 heavy (non-hydrogen) atoms. The highest BCUT2D eigenvalue weighted by Crippen LogP contribution is 2.23. The van der Waals surface area contributed by atoms with Crippen LogP contribution < -0.4 is 10.6 Å². The van der Waals surface area contributed by atoms with E-state index in [1.807, 2.05) is 48.9 Å². The minimum Gasteiger partial charge on any atom is -0.371 e. The first-order chi connectivity index (χ1) is 12.0. The van der Waals surface area contributed by atoms with Crippen molar-refractivity contribution in [2.45, 2.75) is 33.7 Å². The number of carbonyl (C=O) groups excluding carboxylic acids is 1. The van der Waals surface area contributed by atoms with Crippen LogP contribution in [0.5, 0.6) is 0 Å². The van der Waals surface area contributed by atoms with Crippen LogP contribution in [-0.4, -0.2) is 26.9 Å². The molecule has 2 N–H and O–H groups in total. The standard InChI is InChI=1S/C18H21N5O2/c1-11-10-16(22-25-11)20-18(24)13(3)19-17-12(2)21-23(14(17)4)15-8-6-5-7-9-15/h5-10,13,19H,1-4H3,(H,20,22,24)/t13-/m0/s1. The number of aryl methyl sites for hydroxylation is 2. The van der Waals surface area contributed by atoms with Gasteiger partial charge < -0.3 is 15.2 Å². The molecule has 7 nitrogen and oxygen atoms in total. The highest BCUT2D eigenvalue weighted by atomic mass is 16.5. The van der Waals surface area contributed by atoms with E-state index in [2.05, 4.69) is 20.9 Å². The molecule has 0 bridgehead atoms. The lowest BCUT2D eigenvalue weighted by Gasteiger charge is -2.14. The number of carbonyl (C=O) groups is 1. The zero-order valence-corrected chi connectivity index (χ0v) is 14.7. The molecule has 0 aliphatic carbocycles. The molecular formula is C18H21N5O2. The van der Waals surface area contributed by atoms with Gasteiger partial charge in [0.15, 0.2) is 5.82 Å². The molecule has 2 aromatic heterocycles. The van der Waals surface area contributed by atoms with Gasteiger partial charge in [0.2, 0.25) is 5.91 Å². The molecule has 3 aromatic rings. The highest BCUT2D eigenvalue weighted by Gasteiger charge is 2.19. The van der Waals surface area contributed by atoms with Crippen LogP contribution in [0.25, 0.3) is 5.69 Å². The Bertz CT molecular complexity index is 882. The fraction of sp³-hybridized carbons (Fsp3) is 0.278. The van der Waals surface area contributed by atoms with Gasteiger partial charge in [0.25, 0.3) is 0 Å². The molecule has 1 atom stereocenters. The lowest BCUT2D eigenvalue weighted by molar-refractivity contribution is -0.116. The van der Waals surface area contributed by atoms with E-state index in [9.17, 15) is 4.79 Å². The van der Waals surface area contributed by atoms with Crippen LogP contribution in [-0.2, 0) is 4.79 Å². The lowest BCUT2D eigenvalue weighted by atomic mass is 10.2. The molecular weight excluding hydrogens is 318 g/mol. The van der Waals surface area contributed by atoms with Crippen LogP contribution in [0.2, 0.25) is 0 Å². The number of rotatable bonds is 5.